The lowest BCUT2D eigenvalue weighted by Crippen LogP contribution is -2.65. The summed E-state index contributed by atoms with van der Waals surface area (Å²) < 4.78 is 5.98. The van der Waals surface area contributed by atoms with Crippen molar-refractivity contribution in [3.63, 3.8) is 0 Å². The van der Waals surface area contributed by atoms with Crippen LogP contribution in [-0.4, -0.2) is 36.2 Å². The van der Waals surface area contributed by atoms with Gasteiger partial charge in [0.1, 0.15) is 5.54 Å². The molecule has 3 atom stereocenters. The molecule has 2 aliphatic carbocycles. The summed E-state index contributed by atoms with van der Waals surface area (Å²) >= 11 is 0. The monoisotopic (exact) mass is 349 g/mol. The van der Waals surface area contributed by atoms with E-state index in [0.29, 0.717) is 0 Å². The molecule has 25 heavy (non-hydrogen) atoms. The molecule has 0 spiro atoms. The highest BCUT2D eigenvalue weighted by Gasteiger charge is 2.49. The lowest BCUT2D eigenvalue weighted by atomic mass is 9.64. The molecule has 0 aromatic rings. The molecule has 2 fully saturated rings. The van der Waals surface area contributed by atoms with Crippen molar-refractivity contribution >= 4 is 5.91 Å². The zero-order valence-electron chi connectivity index (χ0n) is 16.4. The van der Waals surface area contributed by atoms with E-state index >= 15 is 0 Å². The maximum atomic E-state index is 12.6. The Kier molecular flexibility index (Phi) is 6.87. The molecule has 1 amide bonds. The van der Waals surface area contributed by atoms with E-state index < -0.39 is 5.54 Å². The van der Waals surface area contributed by atoms with Gasteiger partial charge in [-0.05, 0) is 32.6 Å². The molecule has 2 saturated carbocycles. The molecular formula is C20H35N3O2. The smallest absolute Gasteiger partial charge is 0.238 e. The van der Waals surface area contributed by atoms with Gasteiger partial charge in [0.05, 0.1) is 18.2 Å². The number of unbranched alkanes of at least 4 members (excludes halogenated alkanes) is 1. The Hall–Kier alpha value is -1.12. The van der Waals surface area contributed by atoms with Gasteiger partial charge >= 0.3 is 0 Å². The number of nitrogens with one attached hydrogen (secondary N) is 2. The molecule has 5 nitrogen and oxygen atoms in total. The largest absolute Gasteiger partial charge is 0.378 e. The van der Waals surface area contributed by atoms with Gasteiger partial charge in [-0.15, -0.1) is 0 Å². The fraction of sp³-hybridized carbons (Fsp3) is 0.900. The predicted octanol–water partition coefficient (Wildman–Crippen LogP) is 3.29. The first kappa shape index (κ1) is 20.2. The topological polar surface area (TPSA) is 74.2 Å². The molecule has 0 saturated heterocycles. The first-order valence-corrected chi connectivity index (χ1v) is 9.95. The van der Waals surface area contributed by atoms with Gasteiger partial charge in [-0.25, -0.2) is 0 Å². The first-order valence-electron chi connectivity index (χ1n) is 9.95. The van der Waals surface area contributed by atoms with Gasteiger partial charge in [-0.3, -0.25) is 4.79 Å². The zero-order valence-corrected chi connectivity index (χ0v) is 16.4. The summed E-state index contributed by atoms with van der Waals surface area (Å²) in [6, 6.07) is 2.33. The predicted molar refractivity (Wildman–Crippen MR) is 99.0 cm³/mol. The van der Waals surface area contributed by atoms with Crippen molar-refractivity contribution in [2.24, 2.45) is 5.41 Å². The lowest BCUT2D eigenvalue weighted by Gasteiger charge is -2.52. The summed E-state index contributed by atoms with van der Waals surface area (Å²) in [6.07, 6.45) is 8.17. The maximum absolute atomic E-state index is 12.6. The Labute approximate surface area is 152 Å². The molecular weight excluding hydrogens is 314 g/mol. The van der Waals surface area contributed by atoms with Crippen molar-refractivity contribution in [3.05, 3.63) is 0 Å². The van der Waals surface area contributed by atoms with Crippen LogP contribution in [0.4, 0.5) is 0 Å². The maximum Gasteiger partial charge on any atom is 0.238 e. The normalized spacial score (nSPS) is 28.4. The molecule has 2 rings (SSSR count). The molecule has 0 radical (unpaired) electrons. The summed E-state index contributed by atoms with van der Waals surface area (Å²) in [6.45, 7) is 9.28. The van der Waals surface area contributed by atoms with Crippen LogP contribution in [0.5, 0.6) is 0 Å². The van der Waals surface area contributed by atoms with Crippen LogP contribution in [-0.2, 0) is 9.53 Å². The Morgan fingerprint density at radius 3 is 2.56 bits per heavy atom. The fourth-order valence-corrected chi connectivity index (χ4v) is 3.96. The zero-order chi connectivity index (χ0) is 18.5. The average Bonchev–Trinajstić information content (AvgIpc) is 2.60. The number of nitrogens with zero attached hydrogens (tertiary/aromatic N) is 1. The number of hydrogen-bond acceptors (Lipinski definition) is 4. The highest BCUT2D eigenvalue weighted by Crippen LogP contribution is 2.43. The number of carbonyl (C=O) groups is 1. The second-order valence-corrected chi connectivity index (χ2v) is 8.45. The molecule has 0 heterocycles. The summed E-state index contributed by atoms with van der Waals surface area (Å²) in [4.78, 5) is 12.6. The Morgan fingerprint density at radius 1 is 1.32 bits per heavy atom. The van der Waals surface area contributed by atoms with Gasteiger partial charge in [0.2, 0.25) is 5.91 Å². The fourth-order valence-electron chi connectivity index (χ4n) is 3.96. The first-order chi connectivity index (χ1) is 11.8. The highest BCUT2D eigenvalue weighted by atomic mass is 16.5. The third-order valence-corrected chi connectivity index (χ3v) is 6.12. The van der Waals surface area contributed by atoms with Gasteiger partial charge in [-0.1, -0.05) is 46.5 Å². The van der Waals surface area contributed by atoms with E-state index in [1.54, 1.807) is 0 Å². The number of amides is 1. The van der Waals surface area contributed by atoms with Crippen LogP contribution >= 0.6 is 0 Å². The van der Waals surface area contributed by atoms with Crippen LogP contribution in [0.1, 0.15) is 79.1 Å². The molecule has 0 aromatic heterocycles. The summed E-state index contributed by atoms with van der Waals surface area (Å²) in [5, 5.41) is 16.0. The van der Waals surface area contributed by atoms with Crippen molar-refractivity contribution in [2.45, 2.75) is 103 Å². The van der Waals surface area contributed by atoms with Crippen LogP contribution < -0.4 is 10.6 Å². The summed E-state index contributed by atoms with van der Waals surface area (Å²) in [5.74, 6) is -0.0606. The Bertz CT molecular complexity index is 492. The Morgan fingerprint density at radius 2 is 2.00 bits per heavy atom. The van der Waals surface area contributed by atoms with E-state index in [0.717, 1.165) is 58.0 Å². The third-order valence-electron chi connectivity index (χ3n) is 6.12. The number of nitriles is 1. The molecule has 2 aliphatic rings. The van der Waals surface area contributed by atoms with Gasteiger partial charge in [-0.2, -0.15) is 5.26 Å². The number of carbonyl (C=O) groups excluding carboxylic acids is 1. The van der Waals surface area contributed by atoms with Crippen LogP contribution in [0.25, 0.3) is 0 Å². The minimum absolute atomic E-state index is 0.0278. The van der Waals surface area contributed by atoms with Crippen LogP contribution in [0.3, 0.4) is 0 Å². The highest BCUT2D eigenvalue weighted by molar-refractivity contribution is 5.82. The number of rotatable bonds is 8. The molecule has 0 aromatic carbocycles. The lowest BCUT2D eigenvalue weighted by molar-refractivity contribution is -0.132. The molecule has 0 aliphatic heterocycles. The standard InChI is InChI=1S/C20H35N3O2/c1-5-6-12-25-17-13-16(19(17,3)4)22-15(2)18(24)23-20(14-21)10-8-7-9-11-20/h15-17,22H,5-13H2,1-4H3,(H,23,24)/t15-,16-,17-/m1/s1. The molecule has 0 bridgehead atoms. The van der Waals surface area contributed by atoms with E-state index in [9.17, 15) is 10.1 Å². The summed E-state index contributed by atoms with van der Waals surface area (Å²) in [7, 11) is 0. The molecule has 0 unspecified atom stereocenters. The van der Waals surface area contributed by atoms with Gasteiger partial charge in [0.25, 0.3) is 0 Å². The minimum Gasteiger partial charge on any atom is -0.378 e. The Balaban J connectivity index is 1.82. The average molecular weight is 350 g/mol. The van der Waals surface area contributed by atoms with E-state index in [-0.39, 0.29) is 29.5 Å². The third kappa shape index (κ3) is 4.74. The van der Waals surface area contributed by atoms with Gasteiger partial charge < -0.3 is 15.4 Å². The van der Waals surface area contributed by atoms with Crippen molar-refractivity contribution in [3.8, 4) is 6.07 Å². The van der Waals surface area contributed by atoms with E-state index in [1.165, 1.54) is 0 Å². The number of hydrogen-bond donors (Lipinski definition) is 2. The van der Waals surface area contributed by atoms with E-state index in [2.05, 4.69) is 37.5 Å². The van der Waals surface area contributed by atoms with Gasteiger partial charge in [0, 0.05) is 18.1 Å². The van der Waals surface area contributed by atoms with Crippen LogP contribution in [0.2, 0.25) is 0 Å². The van der Waals surface area contributed by atoms with Crippen molar-refractivity contribution in [1.29, 1.82) is 5.26 Å². The number of ether oxygens (including phenoxy) is 1. The van der Waals surface area contributed by atoms with Crippen LogP contribution in [0.15, 0.2) is 0 Å². The minimum atomic E-state index is -0.661. The van der Waals surface area contributed by atoms with Crippen molar-refractivity contribution in [2.75, 3.05) is 6.61 Å². The second kappa shape index (κ2) is 8.51. The quantitative estimate of drug-likeness (QED) is 0.660. The molecule has 142 valence electrons. The molecule has 2 N–H and O–H groups in total. The van der Waals surface area contributed by atoms with Crippen molar-refractivity contribution in [1.82, 2.24) is 10.6 Å². The van der Waals surface area contributed by atoms with Crippen molar-refractivity contribution < 1.29 is 9.53 Å². The van der Waals surface area contributed by atoms with E-state index in [4.69, 9.17) is 4.74 Å². The summed E-state index contributed by atoms with van der Waals surface area (Å²) in [5.41, 5.74) is -0.633. The van der Waals surface area contributed by atoms with Gasteiger partial charge in [0.15, 0.2) is 0 Å². The second-order valence-electron chi connectivity index (χ2n) is 8.45. The van der Waals surface area contributed by atoms with Crippen LogP contribution in [0, 0.1) is 16.7 Å². The molecule has 5 heteroatoms. The SMILES string of the molecule is CCCCO[C@@H]1C[C@@H](N[C@H](C)C(=O)NC2(C#N)CCCCC2)C1(C)C. The van der Waals surface area contributed by atoms with E-state index in [1.807, 2.05) is 6.92 Å².